The molecule has 0 saturated carbocycles. The number of aromatic carboxylic acids is 1. The maximum absolute atomic E-state index is 12.5. The summed E-state index contributed by atoms with van der Waals surface area (Å²) in [6.45, 7) is 1.39. The second-order valence-electron chi connectivity index (χ2n) is 4.94. The maximum atomic E-state index is 12.5. The summed E-state index contributed by atoms with van der Waals surface area (Å²) in [6.07, 6.45) is 3.34. The van der Waals surface area contributed by atoms with Gasteiger partial charge >= 0.3 is 5.97 Å². The van der Waals surface area contributed by atoms with E-state index in [1.54, 1.807) is 47.4 Å². The van der Waals surface area contributed by atoms with Gasteiger partial charge in [-0.05, 0) is 31.2 Å². The number of sulfonamides is 1. The van der Waals surface area contributed by atoms with Gasteiger partial charge in [-0.3, -0.25) is 4.72 Å². The summed E-state index contributed by atoms with van der Waals surface area (Å²) >= 11 is 0. The molecule has 0 unspecified atom stereocenters. The van der Waals surface area contributed by atoms with Gasteiger partial charge in [-0.2, -0.15) is 5.10 Å². The summed E-state index contributed by atoms with van der Waals surface area (Å²) in [7, 11) is -3.98. The highest BCUT2D eigenvalue weighted by molar-refractivity contribution is 7.92. The van der Waals surface area contributed by atoms with E-state index in [1.807, 2.05) is 0 Å². The molecule has 3 rings (SSSR count). The van der Waals surface area contributed by atoms with E-state index in [4.69, 9.17) is 9.52 Å². The van der Waals surface area contributed by atoms with Gasteiger partial charge < -0.3 is 9.52 Å². The third kappa shape index (κ3) is 3.01. The number of nitrogens with one attached hydrogen (secondary N) is 1. The Kier molecular flexibility index (Phi) is 3.86. The van der Waals surface area contributed by atoms with Gasteiger partial charge in [-0.1, -0.05) is 6.07 Å². The lowest BCUT2D eigenvalue weighted by molar-refractivity contribution is 0.0661. The van der Waals surface area contributed by atoms with Crippen LogP contribution in [0.3, 0.4) is 0 Å². The van der Waals surface area contributed by atoms with Crippen LogP contribution in [0.25, 0.3) is 5.69 Å². The van der Waals surface area contributed by atoms with E-state index in [1.165, 1.54) is 6.92 Å². The molecule has 2 heterocycles. The van der Waals surface area contributed by atoms with Crippen molar-refractivity contribution in [3.63, 3.8) is 0 Å². The number of carboxylic acids is 1. The molecule has 0 saturated heterocycles. The van der Waals surface area contributed by atoms with Crippen molar-refractivity contribution in [2.75, 3.05) is 4.72 Å². The third-order valence-electron chi connectivity index (χ3n) is 3.24. The van der Waals surface area contributed by atoms with Crippen molar-refractivity contribution in [2.45, 2.75) is 11.8 Å². The van der Waals surface area contributed by atoms with Gasteiger partial charge in [0.1, 0.15) is 10.7 Å². The van der Waals surface area contributed by atoms with Crippen molar-refractivity contribution in [2.24, 2.45) is 0 Å². The van der Waals surface area contributed by atoms with Gasteiger partial charge in [0, 0.05) is 18.5 Å². The summed E-state index contributed by atoms with van der Waals surface area (Å²) in [5.41, 5.74) is 0.996. The largest absolute Gasteiger partial charge is 0.475 e. The fourth-order valence-electron chi connectivity index (χ4n) is 2.18. The topological polar surface area (TPSA) is 114 Å². The Morgan fingerprint density at radius 1 is 1.29 bits per heavy atom. The first kappa shape index (κ1) is 15.8. The average molecular weight is 347 g/mol. The normalized spacial score (nSPS) is 11.4. The lowest BCUT2D eigenvalue weighted by Gasteiger charge is -2.09. The van der Waals surface area contributed by atoms with Crippen molar-refractivity contribution >= 4 is 21.7 Å². The highest BCUT2D eigenvalue weighted by atomic mass is 32.2. The first-order valence-electron chi connectivity index (χ1n) is 6.83. The number of aryl methyl sites for hydroxylation is 1. The summed E-state index contributed by atoms with van der Waals surface area (Å²) in [5.74, 6) is -1.76. The number of anilines is 1. The highest BCUT2D eigenvalue weighted by Gasteiger charge is 2.24. The number of furan rings is 1. The Bertz CT molecular complexity index is 990. The molecule has 0 spiro atoms. The Labute approximate surface area is 137 Å². The van der Waals surface area contributed by atoms with Crippen molar-refractivity contribution in [3.05, 3.63) is 60.3 Å². The molecule has 0 bridgehead atoms. The minimum Gasteiger partial charge on any atom is -0.475 e. The van der Waals surface area contributed by atoms with E-state index in [2.05, 4.69) is 9.82 Å². The van der Waals surface area contributed by atoms with Crippen LogP contribution < -0.4 is 4.72 Å². The average Bonchev–Trinajstić information content (AvgIpc) is 3.16. The maximum Gasteiger partial charge on any atom is 0.371 e. The molecule has 8 nitrogen and oxygen atoms in total. The summed E-state index contributed by atoms with van der Waals surface area (Å²) in [5, 5.41) is 13.0. The Morgan fingerprint density at radius 2 is 2.08 bits per heavy atom. The number of carbonyl (C=O) groups is 1. The molecule has 0 aliphatic carbocycles. The monoisotopic (exact) mass is 347 g/mol. The second kappa shape index (κ2) is 5.85. The van der Waals surface area contributed by atoms with E-state index in [0.29, 0.717) is 11.4 Å². The van der Waals surface area contributed by atoms with Crippen LogP contribution in [0, 0.1) is 6.92 Å². The van der Waals surface area contributed by atoms with E-state index >= 15 is 0 Å². The predicted octanol–water partition coefficient (Wildman–Crippen LogP) is 2.27. The third-order valence-corrected chi connectivity index (χ3v) is 4.73. The van der Waals surface area contributed by atoms with Gasteiger partial charge in [0.2, 0.25) is 5.76 Å². The second-order valence-corrected chi connectivity index (χ2v) is 6.59. The van der Waals surface area contributed by atoms with E-state index in [0.717, 1.165) is 6.07 Å². The predicted molar refractivity (Wildman–Crippen MR) is 84.8 cm³/mol. The molecule has 0 aliphatic heterocycles. The fourth-order valence-corrected chi connectivity index (χ4v) is 3.41. The Morgan fingerprint density at radius 3 is 2.71 bits per heavy atom. The molecule has 1 aromatic carbocycles. The van der Waals surface area contributed by atoms with Crippen LogP contribution >= 0.6 is 0 Å². The number of hydrogen-bond donors (Lipinski definition) is 2. The molecule has 0 fully saturated rings. The van der Waals surface area contributed by atoms with Crippen molar-refractivity contribution < 1.29 is 22.7 Å². The summed E-state index contributed by atoms with van der Waals surface area (Å²) < 4.78 is 33.9. The van der Waals surface area contributed by atoms with Crippen LogP contribution in [0.15, 0.2) is 58.1 Å². The molecule has 24 heavy (non-hydrogen) atoms. The molecular weight excluding hydrogens is 334 g/mol. The summed E-state index contributed by atoms with van der Waals surface area (Å²) in [4.78, 5) is 10.7. The van der Waals surface area contributed by atoms with Gasteiger partial charge in [0.25, 0.3) is 10.0 Å². The molecule has 2 N–H and O–H groups in total. The van der Waals surface area contributed by atoms with Crippen LogP contribution in [-0.4, -0.2) is 29.3 Å². The zero-order chi connectivity index (χ0) is 17.3. The molecule has 9 heteroatoms. The highest BCUT2D eigenvalue weighted by Crippen LogP contribution is 2.24. The lowest BCUT2D eigenvalue weighted by atomic mass is 10.3. The molecule has 2 aromatic heterocycles. The number of rotatable bonds is 5. The zero-order valence-corrected chi connectivity index (χ0v) is 13.3. The van der Waals surface area contributed by atoms with Crippen molar-refractivity contribution in [1.82, 2.24) is 9.78 Å². The molecule has 3 aromatic rings. The van der Waals surface area contributed by atoms with Crippen LogP contribution in [0.4, 0.5) is 5.69 Å². The molecule has 0 amide bonds. The number of hydrogen-bond acceptors (Lipinski definition) is 5. The SMILES string of the molecule is Cc1oc(C(=O)O)cc1S(=O)(=O)Nc1cccc(-n2cccn2)c1. The van der Waals surface area contributed by atoms with Gasteiger partial charge in [0.05, 0.1) is 11.4 Å². The number of benzene rings is 1. The molecule has 0 aliphatic rings. The van der Waals surface area contributed by atoms with E-state index in [-0.39, 0.29) is 10.7 Å². The van der Waals surface area contributed by atoms with Crippen LogP contribution in [0.5, 0.6) is 0 Å². The number of carboxylic acid groups (broad SMARTS) is 1. The standard InChI is InChI=1S/C15H13N3O5S/c1-10-14(9-13(23-10)15(19)20)24(21,22)17-11-4-2-5-12(8-11)18-7-3-6-16-18/h2-9,17H,1H3,(H,19,20). The first-order valence-corrected chi connectivity index (χ1v) is 8.32. The first-order chi connectivity index (χ1) is 11.4. The number of nitrogens with zero attached hydrogens (tertiary/aromatic N) is 2. The molecule has 0 atom stereocenters. The fraction of sp³-hybridized carbons (Fsp3) is 0.0667. The Balaban J connectivity index is 1.93. The van der Waals surface area contributed by atoms with Crippen molar-refractivity contribution in [3.8, 4) is 5.69 Å². The molecule has 124 valence electrons. The van der Waals surface area contributed by atoms with Crippen molar-refractivity contribution in [1.29, 1.82) is 0 Å². The lowest BCUT2D eigenvalue weighted by Crippen LogP contribution is -2.13. The Hall–Kier alpha value is -3.07. The van der Waals surface area contributed by atoms with E-state index in [9.17, 15) is 13.2 Å². The minimum atomic E-state index is -3.98. The number of aromatic nitrogens is 2. The van der Waals surface area contributed by atoms with Crippen LogP contribution in [-0.2, 0) is 10.0 Å². The van der Waals surface area contributed by atoms with Crippen LogP contribution in [0.2, 0.25) is 0 Å². The van der Waals surface area contributed by atoms with Gasteiger partial charge in [-0.25, -0.2) is 17.9 Å². The molecule has 0 radical (unpaired) electrons. The van der Waals surface area contributed by atoms with Crippen LogP contribution in [0.1, 0.15) is 16.3 Å². The van der Waals surface area contributed by atoms with Gasteiger partial charge in [0.15, 0.2) is 0 Å². The zero-order valence-electron chi connectivity index (χ0n) is 12.5. The van der Waals surface area contributed by atoms with Gasteiger partial charge in [-0.15, -0.1) is 0 Å². The quantitative estimate of drug-likeness (QED) is 0.732. The van der Waals surface area contributed by atoms with E-state index < -0.39 is 21.8 Å². The summed E-state index contributed by atoms with van der Waals surface area (Å²) in [6, 6.07) is 9.38. The molecular formula is C15H13N3O5S. The minimum absolute atomic E-state index is 0.00290. The smallest absolute Gasteiger partial charge is 0.371 e.